The molecule has 0 aromatic rings. The molecule has 2 rings (SSSR count). The predicted octanol–water partition coefficient (Wildman–Crippen LogP) is 1.54. The van der Waals surface area contributed by atoms with Gasteiger partial charge in [0.25, 0.3) is 0 Å². The minimum Gasteiger partial charge on any atom is -0.306 e. The molecule has 1 aliphatic heterocycles. The molecule has 0 aromatic carbocycles. The zero-order chi connectivity index (χ0) is 14.8. The van der Waals surface area contributed by atoms with Crippen molar-refractivity contribution in [3.05, 3.63) is 0 Å². The van der Waals surface area contributed by atoms with E-state index in [1.54, 1.807) is 0 Å². The van der Waals surface area contributed by atoms with Gasteiger partial charge in [-0.2, -0.15) is 5.26 Å². The summed E-state index contributed by atoms with van der Waals surface area (Å²) in [5, 5.41) is 13.3. The van der Waals surface area contributed by atoms with E-state index in [2.05, 4.69) is 49.1 Å². The van der Waals surface area contributed by atoms with Crippen LogP contribution in [-0.4, -0.2) is 61.7 Å². The lowest BCUT2D eigenvalue weighted by Gasteiger charge is -2.35. The van der Waals surface area contributed by atoms with E-state index in [9.17, 15) is 5.26 Å². The molecule has 1 aliphatic carbocycles. The Balaban J connectivity index is 1.91. The van der Waals surface area contributed by atoms with Crippen LogP contribution in [0.5, 0.6) is 0 Å². The smallest absolute Gasteiger partial charge is 0.122 e. The zero-order valence-corrected chi connectivity index (χ0v) is 13.5. The van der Waals surface area contributed by atoms with Crippen molar-refractivity contribution >= 4 is 0 Å². The second-order valence-corrected chi connectivity index (χ2v) is 7.27. The number of nitriles is 1. The van der Waals surface area contributed by atoms with Crippen molar-refractivity contribution in [1.82, 2.24) is 15.1 Å². The quantitative estimate of drug-likeness (QED) is 0.767. The van der Waals surface area contributed by atoms with E-state index in [-0.39, 0.29) is 5.54 Å². The summed E-state index contributed by atoms with van der Waals surface area (Å²) in [7, 11) is 4.37. The number of likely N-dealkylation sites (N-methyl/N-ethyl adjacent to an activating group) is 1. The van der Waals surface area contributed by atoms with E-state index in [1.165, 1.54) is 32.4 Å². The second-order valence-electron chi connectivity index (χ2n) is 7.27. The minimum absolute atomic E-state index is 0.340. The van der Waals surface area contributed by atoms with Gasteiger partial charge in [0, 0.05) is 25.7 Å². The Hall–Kier alpha value is -0.630. The monoisotopic (exact) mass is 278 g/mol. The maximum Gasteiger partial charge on any atom is 0.122 e. The molecule has 114 valence electrons. The van der Waals surface area contributed by atoms with Crippen LogP contribution in [0.15, 0.2) is 0 Å². The Bertz CT molecular complexity index is 358. The van der Waals surface area contributed by atoms with Gasteiger partial charge in [0.1, 0.15) is 5.54 Å². The first-order valence-electron chi connectivity index (χ1n) is 8.01. The number of hydrogen-bond donors (Lipinski definition) is 1. The van der Waals surface area contributed by atoms with E-state index >= 15 is 0 Å². The van der Waals surface area contributed by atoms with Gasteiger partial charge in [-0.25, -0.2) is 0 Å². The lowest BCUT2D eigenvalue weighted by molar-refractivity contribution is 0.195. The summed E-state index contributed by atoms with van der Waals surface area (Å²) in [6, 6.07) is 2.97. The van der Waals surface area contributed by atoms with Crippen LogP contribution in [0, 0.1) is 23.2 Å². The molecule has 4 heteroatoms. The van der Waals surface area contributed by atoms with Gasteiger partial charge in [0.2, 0.25) is 0 Å². The molecule has 2 aliphatic rings. The van der Waals surface area contributed by atoms with Crippen LogP contribution >= 0.6 is 0 Å². The maximum absolute atomic E-state index is 9.74. The summed E-state index contributed by atoms with van der Waals surface area (Å²) in [5.74, 6) is 1.31. The van der Waals surface area contributed by atoms with E-state index in [0.717, 1.165) is 19.0 Å². The van der Waals surface area contributed by atoms with Gasteiger partial charge < -0.3 is 9.80 Å². The van der Waals surface area contributed by atoms with Gasteiger partial charge in [-0.05, 0) is 65.6 Å². The van der Waals surface area contributed by atoms with E-state index in [0.29, 0.717) is 12.0 Å². The van der Waals surface area contributed by atoms with Gasteiger partial charge in [0.05, 0.1) is 6.07 Å². The van der Waals surface area contributed by atoms with Crippen LogP contribution in [0.3, 0.4) is 0 Å². The molecular formula is C16H30N4. The lowest BCUT2D eigenvalue weighted by atomic mass is 9.92. The molecule has 0 spiro atoms. The van der Waals surface area contributed by atoms with Crippen LogP contribution in [-0.2, 0) is 0 Å². The van der Waals surface area contributed by atoms with Gasteiger partial charge in [-0.3, -0.25) is 5.32 Å². The molecule has 2 unspecified atom stereocenters. The Morgan fingerprint density at radius 2 is 2.10 bits per heavy atom. The number of nitrogens with one attached hydrogen (secondary N) is 1. The number of hydrogen-bond acceptors (Lipinski definition) is 4. The van der Waals surface area contributed by atoms with E-state index in [1.807, 2.05) is 0 Å². The van der Waals surface area contributed by atoms with Crippen molar-refractivity contribution in [2.24, 2.45) is 11.8 Å². The minimum atomic E-state index is -0.340. The predicted molar refractivity (Wildman–Crippen MR) is 82.4 cm³/mol. The second kappa shape index (κ2) is 6.43. The van der Waals surface area contributed by atoms with Crippen molar-refractivity contribution in [3.8, 4) is 6.07 Å². The van der Waals surface area contributed by atoms with Crippen molar-refractivity contribution in [1.29, 1.82) is 5.26 Å². The molecule has 1 N–H and O–H groups in total. The van der Waals surface area contributed by atoms with Crippen molar-refractivity contribution in [3.63, 3.8) is 0 Å². The Morgan fingerprint density at radius 1 is 1.40 bits per heavy atom. The third-order valence-corrected chi connectivity index (χ3v) is 4.60. The topological polar surface area (TPSA) is 42.3 Å². The third-order valence-electron chi connectivity index (χ3n) is 4.60. The van der Waals surface area contributed by atoms with Crippen LogP contribution < -0.4 is 5.32 Å². The molecule has 0 aromatic heterocycles. The molecule has 1 saturated carbocycles. The molecule has 4 nitrogen and oxygen atoms in total. The van der Waals surface area contributed by atoms with Crippen molar-refractivity contribution in [2.75, 3.05) is 40.3 Å². The highest BCUT2D eigenvalue weighted by Gasteiger charge is 2.46. The highest BCUT2D eigenvalue weighted by atomic mass is 15.2. The first-order valence-corrected chi connectivity index (χ1v) is 8.01. The fourth-order valence-electron chi connectivity index (χ4n) is 3.65. The Labute approximate surface area is 124 Å². The SMILES string of the molecule is CC(C)NC(C#N)(CN(C)CC1CCN(C)C1)C1CC1. The average molecular weight is 278 g/mol. The van der Waals surface area contributed by atoms with E-state index in [4.69, 9.17) is 0 Å². The molecule has 1 saturated heterocycles. The molecule has 0 bridgehead atoms. The van der Waals surface area contributed by atoms with Crippen LogP contribution in [0.4, 0.5) is 0 Å². The number of rotatable bonds is 7. The van der Waals surface area contributed by atoms with E-state index < -0.39 is 0 Å². The van der Waals surface area contributed by atoms with Crippen molar-refractivity contribution in [2.45, 2.75) is 44.7 Å². The van der Waals surface area contributed by atoms with Gasteiger partial charge in [0.15, 0.2) is 0 Å². The summed E-state index contributed by atoms with van der Waals surface area (Å²) >= 11 is 0. The highest BCUT2D eigenvalue weighted by molar-refractivity contribution is 5.17. The maximum atomic E-state index is 9.74. The Kier molecular flexibility index (Phi) is 5.06. The molecule has 0 radical (unpaired) electrons. The van der Waals surface area contributed by atoms with Gasteiger partial charge in [-0.1, -0.05) is 0 Å². The summed E-state index contributed by atoms with van der Waals surface area (Å²) in [4.78, 5) is 4.78. The normalized spacial score (nSPS) is 26.9. The fourth-order valence-corrected chi connectivity index (χ4v) is 3.65. The summed E-state index contributed by atoms with van der Waals surface area (Å²) < 4.78 is 0. The summed E-state index contributed by atoms with van der Waals surface area (Å²) in [6.07, 6.45) is 3.70. The van der Waals surface area contributed by atoms with Crippen LogP contribution in [0.25, 0.3) is 0 Å². The third kappa shape index (κ3) is 3.94. The van der Waals surface area contributed by atoms with Crippen LogP contribution in [0.1, 0.15) is 33.1 Å². The molecule has 2 atom stereocenters. The Morgan fingerprint density at radius 3 is 2.55 bits per heavy atom. The molecule has 0 amide bonds. The van der Waals surface area contributed by atoms with Crippen LogP contribution in [0.2, 0.25) is 0 Å². The lowest BCUT2D eigenvalue weighted by Crippen LogP contribution is -2.56. The van der Waals surface area contributed by atoms with Gasteiger partial charge in [-0.15, -0.1) is 0 Å². The molecule has 1 heterocycles. The molecular weight excluding hydrogens is 248 g/mol. The highest BCUT2D eigenvalue weighted by Crippen LogP contribution is 2.40. The first kappa shape index (κ1) is 15.8. The van der Waals surface area contributed by atoms with Crippen molar-refractivity contribution < 1.29 is 0 Å². The molecule has 20 heavy (non-hydrogen) atoms. The van der Waals surface area contributed by atoms with Gasteiger partial charge >= 0.3 is 0 Å². The standard InChI is InChI=1S/C16H30N4/c1-13(2)18-16(11-17,15-5-6-15)12-20(4)10-14-7-8-19(3)9-14/h13-15,18H,5-10,12H2,1-4H3. The first-order chi connectivity index (χ1) is 9.45. The fraction of sp³-hybridized carbons (Fsp3) is 0.938. The zero-order valence-electron chi connectivity index (χ0n) is 13.5. The molecule has 2 fully saturated rings. The summed E-state index contributed by atoms with van der Waals surface area (Å²) in [6.45, 7) is 8.66. The largest absolute Gasteiger partial charge is 0.306 e. The average Bonchev–Trinajstić information content (AvgIpc) is 3.13. The number of likely N-dealkylation sites (tertiary alicyclic amines) is 1. The summed E-state index contributed by atoms with van der Waals surface area (Å²) in [5.41, 5.74) is -0.340. The number of nitrogens with zero attached hydrogens (tertiary/aromatic N) is 3.